The van der Waals surface area contributed by atoms with Gasteiger partial charge in [0.05, 0.1) is 17.1 Å². The summed E-state index contributed by atoms with van der Waals surface area (Å²) >= 11 is 0. The Kier molecular flexibility index (Phi) is 3.20. The highest BCUT2D eigenvalue weighted by molar-refractivity contribution is 5.94. The first-order valence-electron chi connectivity index (χ1n) is 9.02. The Balaban J connectivity index is 1.53. The molecule has 0 saturated carbocycles. The molecule has 1 aliphatic carbocycles. The number of imidazole rings is 1. The molecule has 25 heavy (non-hydrogen) atoms. The van der Waals surface area contributed by atoms with Crippen molar-refractivity contribution in [3.05, 3.63) is 47.0 Å². The third kappa shape index (κ3) is 2.13. The molecule has 128 valence electrons. The molecule has 1 aliphatic heterocycles. The lowest BCUT2D eigenvalue weighted by molar-refractivity contribution is 0.0721. The van der Waals surface area contributed by atoms with Gasteiger partial charge in [0.1, 0.15) is 5.82 Å². The molecule has 6 nitrogen and oxygen atoms in total. The Bertz CT molecular complexity index is 970. The summed E-state index contributed by atoms with van der Waals surface area (Å²) in [4.78, 5) is 20.0. The van der Waals surface area contributed by atoms with E-state index in [4.69, 9.17) is 4.98 Å². The van der Waals surface area contributed by atoms with E-state index in [1.54, 1.807) is 0 Å². The Morgan fingerprint density at radius 3 is 3.00 bits per heavy atom. The van der Waals surface area contributed by atoms with Gasteiger partial charge in [-0.25, -0.2) is 4.98 Å². The van der Waals surface area contributed by atoms with Crippen molar-refractivity contribution in [2.45, 2.75) is 38.1 Å². The summed E-state index contributed by atoms with van der Waals surface area (Å²) < 4.78 is 2.13. The van der Waals surface area contributed by atoms with Crippen molar-refractivity contribution in [1.82, 2.24) is 24.6 Å². The Morgan fingerprint density at radius 1 is 1.24 bits per heavy atom. The molecule has 0 unspecified atom stereocenters. The van der Waals surface area contributed by atoms with Gasteiger partial charge in [0.15, 0.2) is 5.69 Å². The molecule has 1 atom stereocenters. The first-order valence-corrected chi connectivity index (χ1v) is 9.02. The minimum absolute atomic E-state index is 0.0265. The lowest BCUT2D eigenvalue weighted by Gasteiger charge is -2.24. The van der Waals surface area contributed by atoms with E-state index in [-0.39, 0.29) is 11.9 Å². The number of benzene rings is 1. The van der Waals surface area contributed by atoms with E-state index in [2.05, 4.69) is 20.8 Å². The van der Waals surface area contributed by atoms with Crippen LogP contribution >= 0.6 is 0 Å². The number of aryl methyl sites for hydroxylation is 2. The first kappa shape index (κ1) is 14.7. The third-order valence-corrected chi connectivity index (χ3v) is 5.64. The molecule has 0 radical (unpaired) electrons. The number of H-pyrrole nitrogens is 1. The zero-order chi connectivity index (χ0) is 17.0. The van der Waals surface area contributed by atoms with E-state index >= 15 is 0 Å². The summed E-state index contributed by atoms with van der Waals surface area (Å²) in [5, 5.41) is 7.39. The maximum absolute atomic E-state index is 13.2. The van der Waals surface area contributed by atoms with Gasteiger partial charge in [0, 0.05) is 24.8 Å². The van der Waals surface area contributed by atoms with Crippen LogP contribution in [0.25, 0.3) is 11.0 Å². The fraction of sp³-hybridized carbons (Fsp3) is 0.421. The SMILES string of the molecule is Cn1c([C@H]2CCCN2C(=O)c2n[nH]c3c2CCC3)nc2ccccc21. The van der Waals surface area contributed by atoms with Crippen molar-refractivity contribution in [2.24, 2.45) is 7.05 Å². The van der Waals surface area contributed by atoms with Crippen LogP contribution in [0.5, 0.6) is 0 Å². The molecule has 0 bridgehead atoms. The summed E-state index contributed by atoms with van der Waals surface area (Å²) in [7, 11) is 2.04. The molecule has 2 aromatic heterocycles. The highest BCUT2D eigenvalue weighted by atomic mass is 16.2. The number of carbonyl (C=O) groups excluding carboxylic acids is 1. The van der Waals surface area contributed by atoms with Crippen molar-refractivity contribution in [3.63, 3.8) is 0 Å². The van der Waals surface area contributed by atoms with Gasteiger partial charge in [0.25, 0.3) is 5.91 Å². The second-order valence-corrected chi connectivity index (χ2v) is 7.06. The minimum atomic E-state index is 0.0265. The van der Waals surface area contributed by atoms with Crippen LogP contribution in [0, 0.1) is 0 Å². The van der Waals surface area contributed by atoms with Gasteiger partial charge in [-0.1, -0.05) is 12.1 Å². The highest BCUT2D eigenvalue weighted by Gasteiger charge is 2.36. The first-order chi connectivity index (χ1) is 12.2. The Hall–Kier alpha value is -2.63. The second kappa shape index (κ2) is 5.44. The molecule has 2 aliphatic rings. The molecule has 6 heteroatoms. The summed E-state index contributed by atoms with van der Waals surface area (Å²) in [6.07, 6.45) is 5.03. The Morgan fingerprint density at radius 2 is 2.12 bits per heavy atom. The van der Waals surface area contributed by atoms with Crippen LogP contribution in [0.3, 0.4) is 0 Å². The van der Waals surface area contributed by atoms with Crippen LogP contribution in [0.4, 0.5) is 0 Å². The van der Waals surface area contributed by atoms with Crippen LogP contribution in [0.15, 0.2) is 24.3 Å². The molecular formula is C19H21N5O. The zero-order valence-corrected chi connectivity index (χ0v) is 14.3. The van der Waals surface area contributed by atoms with Crippen molar-refractivity contribution >= 4 is 16.9 Å². The molecular weight excluding hydrogens is 314 g/mol. The van der Waals surface area contributed by atoms with E-state index < -0.39 is 0 Å². The number of hydrogen-bond donors (Lipinski definition) is 1. The molecule has 3 aromatic rings. The Labute approximate surface area is 145 Å². The summed E-state index contributed by atoms with van der Waals surface area (Å²) in [5.41, 5.74) is 4.98. The van der Waals surface area contributed by atoms with E-state index in [1.165, 1.54) is 0 Å². The maximum Gasteiger partial charge on any atom is 0.275 e. The number of nitrogens with one attached hydrogen (secondary N) is 1. The zero-order valence-electron chi connectivity index (χ0n) is 14.3. The maximum atomic E-state index is 13.2. The van der Waals surface area contributed by atoms with Gasteiger partial charge in [-0.2, -0.15) is 5.10 Å². The van der Waals surface area contributed by atoms with Crippen LogP contribution in [-0.4, -0.2) is 37.1 Å². The van der Waals surface area contributed by atoms with Gasteiger partial charge in [0.2, 0.25) is 0 Å². The molecule has 3 heterocycles. The summed E-state index contributed by atoms with van der Waals surface area (Å²) in [6.45, 7) is 0.772. The number of hydrogen-bond acceptors (Lipinski definition) is 3. The fourth-order valence-corrected chi connectivity index (χ4v) is 4.37. The number of aromatic amines is 1. The number of likely N-dealkylation sites (tertiary alicyclic amines) is 1. The van der Waals surface area contributed by atoms with Crippen molar-refractivity contribution < 1.29 is 4.79 Å². The van der Waals surface area contributed by atoms with Gasteiger partial charge in [-0.15, -0.1) is 0 Å². The smallest absolute Gasteiger partial charge is 0.275 e. The third-order valence-electron chi connectivity index (χ3n) is 5.64. The number of rotatable bonds is 2. The van der Waals surface area contributed by atoms with E-state index in [0.717, 1.165) is 66.8 Å². The minimum Gasteiger partial charge on any atom is -0.329 e. The number of nitrogens with zero attached hydrogens (tertiary/aromatic N) is 4. The largest absolute Gasteiger partial charge is 0.329 e. The van der Waals surface area contributed by atoms with Crippen LogP contribution in [0.2, 0.25) is 0 Å². The monoisotopic (exact) mass is 335 g/mol. The summed E-state index contributed by atoms with van der Waals surface area (Å²) in [6, 6.07) is 8.16. The normalized spacial score (nSPS) is 19.7. The quantitative estimate of drug-likeness (QED) is 0.783. The van der Waals surface area contributed by atoms with Crippen molar-refractivity contribution in [1.29, 1.82) is 0 Å². The molecule has 0 spiro atoms. The highest BCUT2D eigenvalue weighted by Crippen LogP contribution is 2.35. The average Bonchev–Trinajstić information content (AvgIpc) is 3.38. The van der Waals surface area contributed by atoms with E-state index in [9.17, 15) is 4.79 Å². The number of para-hydroxylation sites is 2. The van der Waals surface area contributed by atoms with Gasteiger partial charge >= 0.3 is 0 Å². The van der Waals surface area contributed by atoms with Gasteiger partial charge in [-0.05, 0) is 44.2 Å². The van der Waals surface area contributed by atoms with Crippen LogP contribution in [-0.2, 0) is 19.9 Å². The fourth-order valence-electron chi connectivity index (χ4n) is 4.37. The molecule has 1 N–H and O–H groups in total. The van der Waals surface area contributed by atoms with E-state index in [1.807, 2.05) is 30.1 Å². The van der Waals surface area contributed by atoms with Crippen molar-refractivity contribution in [3.8, 4) is 0 Å². The summed E-state index contributed by atoms with van der Waals surface area (Å²) in [5.74, 6) is 1.02. The molecule has 1 fully saturated rings. The molecule has 1 amide bonds. The molecule has 1 saturated heterocycles. The second-order valence-electron chi connectivity index (χ2n) is 7.06. The van der Waals surface area contributed by atoms with Gasteiger partial charge in [-0.3, -0.25) is 9.89 Å². The van der Waals surface area contributed by atoms with Crippen LogP contribution < -0.4 is 0 Å². The van der Waals surface area contributed by atoms with Crippen LogP contribution in [0.1, 0.15) is 52.9 Å². The lowest BCUT2D eigenvalue weighted by Crippen LogP contribution is -2.32. The predicted octanol–water partition coefficient (Wildman–Crippen LogP) is 2.76. The molecule has 1 aromatic carbocycles. The number of fused-ring (bicyclic) bond motifs is 2. The lowest BCUT2D eigenvalue weighted by atomic mass is 10.1. The molecule has 5 rings (SSSR count). The predicted molar refractivity (Wildman–Crippen MR) is 94.3 cm³/mol. The number of aromatic nitrogens is 4. The van der Waals surface area contributed by atoms with E-state index in [0.29, 0.717) is 5.69 Å². The van der Waals surface area contributed by atoms with Crippen molar-refractivity contribution in [2.75, 3.05) is 6.54 Å². The average molecular weight is 335 g/mol. The topological polar surface area (TPSA) is 66.8 Å². The standard InChI is InChI=1S/C19H21N5O/c1-23-15-9-3-2-7-14(15)20-18(23)16-10-5-11-24(16)19(25)17-12-6-4-8-13(12)21-22-17/h2-3,7,9,16H,4-6,8,10-11H2,1H3,(H,21,22)/t16-/m1/s1. The number of carbonyl (C=O) groups is 1. The van der Waals surface area contributed by atoms with Gasteiger partial charge < -0.3 is 9.47 Å². The number of amides is 1.